The molecule has 0 bridgehead atoms. The molecule has 0 amide bonds. The zero-order chi connectivity index (χ0) is 13.3. The van der Waals surface area contributed by atoms with Crippen LogP contribution in [0.15, 0.2) is 11.6 Å². The van der Waals surface area contributed by atoms with Crippen molar-refractivity contribution in [3.8, 4) is 0 Å². The van der Waals surface area contributed by atoms with Crippen LogP contribution in [0.1, 0.15) is 38.9 Å². The largest absolute Gasteiger partial charge is 0.316 e. The SMILES string of the molecule is CCNC[C@]1(Cc2nn[nH]n2)C[C@H]2CC(CC)=C[C@H]21. The lowest BCUT2D eigenvalue weighted by Gasteiger charge is -2.52. The lowest BCUT2D eigenvalue weighted by Crippen LogP contribution is -2.52. The van der Waals surface area contributed by atoms with E-state index in [1.807, 2.05) is 0 Å². The van der Waals surface area contributed by atoms with Gasteiger partial charge in [-0.2, -0.15) is 5.21 Å². The van der Waals surface area contributed by atoms with Gasteiger partial charge in [0.1, 0.15) is 0 Å². The monoisotopic (exact) mass is 261 g/mol. The molecule has 1 saturated carbocycles. The molecule has 104 valence electrons. The molecule has 5 nitrogen and oxygen atoms in total. The second-order valence-electron chi connectivity index (χ2n) is 6.02. The van der Waals surface area contributed by atoms with Crippen molar-refractivity contribution < 1.29 is 0 Å². The highest BCUT2D eigenvalue weighted by molar-refractivity contribution is 5.24. The third-order valence-corrected chi connectivity index (χ3v) is 4.90. The quantitative estimate of drug-likeness (QED) is 0.765. The van der Waals surface area contributed by atoms with Crippen molar-refractivity contribution in [2.75, 3.05) is 13.1 Å². The Morgan fingerprint density at radius 2 is 2.37 bits per heavy atom. The molecule has 1 heterocycles. The van der Waals surface area contributed by atoms with Crippen molar-refractivity contribution in [2.45, 2.75) is 39.5 Å². The summed E-state index contributed by atoms with van der Waals surface area (Å²) in [6.07, 6.45) is 7.27. The van der Waals surface area contributed by atoms with Crippen LogP contribution >= 0.6 is 0 Å². The molecule has 0 unspecified atom stereocenters. The van der Waals surface area contributed by atoms with E-state index >= 15 is 0 Å². The van der Waals surface area contributed by atoms with Crippen LogP contribution < -0.4 is 5.32 Å². The molecule has 3 atom stereocenters. The minimum Gasteiger partial charge on any atom is -0.316 e. The molecule has 1 fully saturated rings. The Hall–Kier alpha value is -1.23. The Morgan fingerprint density at radius 3 is 3.05 bits per heavy atom. The summed E-state index contributed by atoms with van der Waals surface area (Å²) in [5.41, 5.74) is 1.95. The minimum atomic E-state index is 0.307. The van der Waals surface area contributed by atoms with Gasteiger partial charge in [0, 0.05) is 13.0 Å². The van der Waals surface area contributed by atoms with E-state index in [1.165, 1.54) is 19.3 Å². The number of allylic oxidation sites excluding steroid dienone is 2. The summed E-state index contributed by atoms with van der Waals surface area (Å²) in [6.45, 7) is 6.52. The summed E-state index contributed by atoms with van der Waals surface area (Å²) in [5, 5.41) is 18.1. The van der Waals surface area contributed by atoms with Crippen LogP contribution in [0, 0.1) is 17.3 Å². The molecule has 2 aliphatic rings. The van der Waals surface area contributed by atoms with E-state index in [0.717, 1.165) is 31.3 Å². The maximum atomic E-state index is 4.15. The van der Waals surface area contributed by atoms with Gasteiger partial charge >= 0.3 is 0 Å². The van der Waals surface area contributed by atoms with Gasteiger partial charge in [-0.05, 0) is 43.1 Å². The first kappa shape index (κ1) is 12.8. The number of nitrogens with one attached hydrogen (secondary N) is 2. The van der Waals surface area contributed by atoms with Gasteiger partial charge in [-0.25, -0.2) is 0 Å². The normalized spacial score (nSPS) is 32.8. The molecule has 3 rings (SSSR count). The molecule has 19 heavy (non-hydrogen) atoms. The number of rotatable bonds is 6. The molecule has 1 aromatic heterocycles. The molecule has 0 saturated heterocycles. The van der Waals surface area contributed by atoms with Gasteiger partial charge in [0.15, 0.2) is 5.82 Å². The Kier molecular flexibility index (Phi) is 3.39. The second-order valence-corrected chi connectivity index (χ2v) is 6.02. The standard InChI is InChI=1S/C14H23N5/c1-3-10-5-11-7-14(9-15-4-2,12(11)6-10)8-13-16-18-19-17-13/h6,11-12,15H,3-5,7-9H2,1-2H3,(H,16,17,18,19)/t11-,12-,14-/m1/s1. The molecule has 5 heteroatoms. The van der Waals surface area contributed by atoms with Crippen LogP contribution in [0.25, 0.3) is 0 Å². The topological polar surface area (TPSA) is 66.5 Å². The van der Waals surface area contributed by atoms with E-state index in [4.69, 9.17) is 0 Å². The Balaban J connectivity index is 1.77. The molecular weight excluding hydrogens is 238 g/mol. The lowest BCUT2D eigenvalue weighted by atomic mass is 9.53. The summed E-state index contributed by atoms with van der Waals surface area (Å²) in [5.74, 6) is 2.43. The fourth-order valence-electron chi connectivity index (χ4n) is 3.95. The predicted molar refractivity (Wildman–Crippen MR) is 73.4 cm³/mol. The van der Waals surface area contributed by atoms with Crippen LogP contribution in [0.4, 0.5) is 0 Å². The Morgan fingerprint density at radius 1 is 1.47 bits per heavy atom. The first-order valence-corrected chi connectivity index (χ1v) is 7.40. The molecule has 0 aliphatic heterocycles. The highest BCUT2D eigenvalue weighted by Crippen LogP contribution is 2.59. The van der Waals surface area contributed by atoms with Gasteiger partial charge in [-0.1, -0.05) is 30.7 Å². The van der Waals surface area contributed by atoms with E-state index in [2.05, 4.69) is 45.9 Å². The summed E-state index contributed by atoms with van der Waals surface area (Å²) in [7, 11) is 0. The zero-order valence-corrected chi connectivity index (χ0v) is 11.8. The zero-order valence-electron chi connectivity index (χ0n) is 11.8. The second kappa shape index (κ2) is 5.04. The maximum absolute atomic E-state index is 4.15. The molecule has 2 N–H and O–H groups in total. The Bertz CT molecular complexity index is 452. The third kappa shape index (κ3) is 2.20. The number of hydrogen-bond acceptors (Lipinski definition) is 4. The van der Waals surface area contributed by atoms with Crippen LogP contribution in [-0.4, -0.2) is 33.7 Å². The van der Waals surface area contributed by atoms with Crippen molar-refractivity contribution in [1.29, 1.82) is 0 Å². The molecular formula is C14H23N5. The highest BCUT2D eigenvalue weighted by Gasteiger charge is 2.54. The van der Waals surface area contributed by atoms with E-state index in [0.29, 0.717) is 11.3 Å². The average Bonchev–Trinajstić information content (AvgIpc) is 3.02. The van der Waals surface area contributed by atoms with Gasteiger partial charge in [0.05, 0.1) is 0 Å². The average molecular weight is 261 g/mol. The van der Waals surface area contributed by atoms with Gasteiger partial charge < -0.3 is 5.32 Å². The number of aromatic amines is 1. The molecule has 0 spiro atoms. The molecule has 0 radical (unpaired) electrons. The summed E-state index contributed by atoms with van der Waals surface area (Å²) in [4.78, 5) is 0. The number of aromatic nitrogens is 4. The fourth-order valence-corrected chi connectivity index (χ4v) is 3.95. The summed E-state index contributed by atoms with van der Waals surface area (Å²) in [6, 6.07) is 0. The van der Waals surface area contributed by atoms with Crippen molar-refractivity contribution >= 4 is 0 Å². The van der Waals surface area contributed by atoms with Gasteiger partial charge in [-0.15, -0.1) is 10.2 Å². The number of fused-ring (bicyclic) bond motifs is 1. The highest BCUT2D eigenvalue weighted by atomic mass is 15.5. The van der Waals surface area contributed by atoms with Crippen molar-refractivity contribution in [2.24, 2.45) is 17.3 Å². The maximum Gasteiger partial charge on any atom is 0.175 e. The lowest BCUT2D eigenvalue weighted by molar-refractivity contribution is -0.000337. The smallest absolute Gasteiger partial charge is 0.175 e. The van der Waals surface area contributed by atoms with Crippen LogP contribution in [0.3, 0.4) is 0 Å². The Labute approximate surface area is 114 Å². The number of hydrogen-bond donors (Lipinski definition) is 2. The van der Waals surface area contributed by atoms with Crippen LogP contribution in [-0.2, 0) is 6.42 Å². The van der Waals surface area contributed by atoms with Crippen molar-refractivity contribution in [1.82, 2.24) is 25.9 Å². The first-order valence-electron chi connectivity index (χ1n) is 7.40. The van der Waals surface area contributed by atoms with Crippen molar-refractivity contribution in [3.63, 3.8) is 0 Å². The fraction of sp³-hybridized carbons (Fsp3) is 0.786. The third-order valence-electron chi connectivity index (χ3n) is 4.90. The minimum absolute atomic E-state index is 0.307. The van der Waals surface area contributed by atoms with Gasteiger partial charge in [-0.3, -0.25) is 0 Å². The summed E-state index contributed by atoms with van der Waals surface area (Å²) >= 11 is 0. The molecule has 2 aliphatic carbocycles. The van der Waals surface area contributed by atoms with E-state index in [9.17, 15) is 0 Å². The van der Waals surface area contributed by atoms with E-state index in [1.54, 1.807) is 5.57 Å². The predicted octanol–water partition coefficient (Wildman–Crippen LogP) is 1.71. The van der Waals surface area contributed by atoms with Gasteiger partial charge in [0.25, 0.3) is 0 Å². The number of nitrogens with zero attached hydrogens (tertiary/aromatic N) is 3. The molecule has 1 aromatic rings. The van der Waals surface area contributed by atoms with E-state index in [-0.39, 0.29) is 0 Å². The summed E-state index contributed by atoms with van der Waals surface area (Å²) < 4.78 is 0. The molecule has 0 aromatic carbocycles. The number of H-pyrrole nitrogens is 1. The number of tetrazole rings is 1. The first-order chi connectivity index (χ1) is 9.27. The van der Waals surface area contributed by atoms with Gasteiger partial charge in [0.2, 0.25) is 0 Å². The van der Waals surface area contributed by atoms with Crippen molar-refractivity contribution in [3.05, 3.63) is 17.5 Å². The van der Waals surface area contributed by atoms with E-state index < -0.39 is 0 Å². The van der Waals surface area contributed by atoms with Crippen LogP contribution in [0.5, 0.6) is 0 Å². The van der Waals surface area contributed by atoms with Crippen LogP contribution in [0.2, 0.25) is 0 Å².